The first-order valence-corrected chi connectivity index (χ1v) is 6.89. The predicted molar refractivity (Wildman–Crippen MR) is 85.3 cm³/mol. The maximum atomic E-state index is 9.07. The number of rotatable bonds is 0. The van der Waals surface area contributed by atoms with Crippen LogP contribution in [0.15, 0.2) is 36.5 Å². The van der Waals surface area contributed by atoms with Gasteiger partial charge in [0.05, 0.1) is 22.7 Å². The largest absolute Gasteiger partial charge is 0.354 e. The lowest BCUT2D eigenvalue weighted by atomic mass is 10.0. The number of benzene rings is 2. The number of pyridine rings is 1. The van der Waals surface area contributed by atoms with Gasteiger partial charge in [-0.3, -0.25) is 4.98 Å². The molecule has 0 spiro atoms. The molecular formula is C18H13N3. The van der Waals surface area contributed by atoms with Crippen molar-refractivity contribution in [1.82, 2.24) is 9.97 Å². The van der Waals surface area contributed by atoms with Crippen LogP contribution in [0.4, 0.5) is 0 Å². The van der Waals surface area contributed by atoms with Gasteiger partial charge in [-0.25, -0.2) is 0 Å². The van der Waals surface area contributed by atoms with E-state index in [1.807, 2.05) is 24.4 Å². The monoisotopic (exact) mass is 271 g/mol. The van der Waals surface area contributed by atoms with E-state index in [0.717, 1.165) is 32.7 Å². The van der Waals surface area contributed by atoms with Crippen LogP contribution < -0.4 is 0 Å². The smallest absolute Gasteiger partial charge is 0.0991 e. The van der Waals surface area contributed by atoms with Crippen molar-refractivity contribution in [2.75, 3.05) is 0 Å². The molecule has 3 nitrogen and oxygen atoms in total. The molecule has 0 amide bonds. The summed E-state index contributed by atoms with van der Waals surface area (Å²) in [7, 11) is 0. The Bertz CT molecular complexity index is 1060. The van der Waals surface area contributed by atoms with Crippen molar-refractivity contribution in [2.24, 2.45) is 0 Å². The third-order valence-electron chi connectivity index (χ3n) is 4.18. The summed E-state index contributed by atoms with van der Waals surface area (Å²) in [6, 6.07) is 12.2. The van der Waals surface area contributed by atoms with Crippen molar-refractivity contribution in [2.45, 2.75) is 13.8 Å². The normalized spacial score (nSPS) is 11.3. The number of aryl methyl sites for hydroxylation is 2. The van der Waals surface area contributed by atoms with Crippen molar-refractivity contribution in [3.8, 4) is 6.07 Å². The number of aromatic nitrogens is 2. The average Bonchev–Trinajstić information content (AvgIpc) is 2.86. The molecule has 21 heavy (non-hydrogen) atoms. The Morgan fingerprint density at radius 3 is 2.62 bits per heavy atom. The van der Waals surface area contributed by atoms with Crippen molar-refractivity contribution in [3.63, 3.8) is 0 Å². The zero-order chi connectivity index (χ0) is 14.6. The van der Waals surface area contributed by atoms with Gasteiger partial charge in [0.15, 0.2) is 0 Å². The van der Waals surface area contributed by atoms with Crippen LogP contribution in [-0.4, -0.2) is 9.97 Å². The Labute approximate surface area is 121 Å². The van der Waals surface area contributed by atoms with E-state index in [-0.39, 0.29) is 0 Å². The molecule has 0 atom stereocenters. The third-order valence-corrected chi connectivity index (χ3v) is 4.18. The molecule has 2 heterocycles. The molecule has 100 valence electrons. The van der Waals surface area contributed by atoms with Crippen LogP contribution in [0.3, 0.4) is 0 Å². The molecule has 0 bridgehead atoms. The van der Waals surface area contributed by atoms with Gasteiger partial charge in [0.2, 0.25) is 0 Å². The van der Waals surface area contributed by atoms with Gasteiger partial charge in [-0.05, 0) is 55.3 Å². The molecule has 0 radical (unpaired) electrons. The van der Waals surface area contributed by atoms with Gasteiger partial charge in [0, 0.05) is 27.9 Å². The number of nitriles is 1. The minimum atomic E-state index is 0.670. The van der Waals surface area contributed by atoms with Gasteiger partial charge in [-0.2, -0.15) is 5.26 Å². The predicted octanol–water partition coefficient (Wildman–Crippen LogP) is 4.36. The summed E-state index contributed by atoms with van der Waals surface area (Å²) < 4.78 is 0. The second kappa shape index (κ2) is 4.07. The molecule has 2 aromatic carbocycles. The van der Waals surface area contributed by atoms with E-state index >= 15 is 0 Å². The third kappa shape index (κ3) is 1.63. The zero-order valence-electron chi connectivity index (χ0n) is 11.9. The topological polar surface area (TPSA) is 52.5 Å². The van der Waals surface area contributed by atoms with Crippen molar-refractivity contribution < 1.29 is 0 Å². The number of hydrogen-bond donors (Lipinski definition) is 1. The van der Waals surface area contributed by atoms with Crippen LogP contribution in [0.1, 0.15) is 16.7 Å². The number of nitrogens with zero attached hydrogens (tertiary/aromatic N) is 2. The fourth-order valence-electron chi connectivity index (χ4n) is 2.87. The highest BCUT2D eigenvalue weighted by Crippen LogP contribution is 2.31. The molecule has 3 heteroatoms. The number of H-pyrrole nitrogens is 1. The number of fused-ring (bicyclic) bond motifs is 5. The van der Waals surface area contributed by atoms with Crippen molar-refractivity contribution >= 4 is 32.7 Å². The summed E-state index contributed by atoms with van der Waals surface area (Å²) in [6.45, 7) is 4.22. The van der Waals surface area contributed by atoms with Crippen LogP contribution in [-0.2, 0) is 0 Å². The summed E-state index contributed by atoms with van der Waals surface area (Å²) in [5, 5.41) is 12.3. The molecule has 0 aliphatic carbocycles. The summed E-state index contributed by atoms with van der Waals surface area (Å²) >= 11 is 0. The van der Waals surface area contributed by atoms with E-state index in [0.29, 0.717) is 5.56 Å². The first kappa shape index (κ1) is 11.9. The number of nitrogens with one attached hydrogen (secondary N) is 1. The number of hydrogen-bond acceptors (Lipinski definition) is 2. The first-order valence-electron chi connectivity index (χ1n) is 6.89. The molecule has 0 aliphatic heterocycles. The van der Waals surface area contributed by atoms with Gasteiger partial charge in [-0.15, -0.1) is 0 Å². The molecule has 0 saturated carbocycles. The molecule has 0 unspecified atom stereocenters. The lowest BCUT2D eigenvalue weighted by Crippen LogP contribution is -1.86. The Morgan fingerprint density at radius 2 is 1.81 bits per heavy atom. The lowest BCUT2D eigenvalue weighted by molar-refractivity contribution is 1.34. The van der Waals surface area contributed by atoms with Crippen molar-refractivity contribution in [3.05, 3.63) is 53.2 Å². The Kier molecular flexibility index (Phi) is 2.31. The van der Waals surface area contributed by atoms with Gasteiger partial charge < -0.3 is 4.98 Å². The molecule has 2 aromatic heterocycles. The highest BCUT2D eigenvalue weighted by molar-refractivity contribution is 6.16. The maximum Gasteiger partial charge on any atom is 0.0991 e. The second-order valence-corrected chi connectivity index (χ2v) is 5.50. The molecular weight excluding hydrogens is 258 g/mol. The van der Waals surface area contributed by atoms with Crippen LogP contribution in [0.25, 0.3) is 32.7 Å². The SMILES string of the molecule is Cc1cc2ncc3c4cc(C#N)ccc4[nH]c3c2cc1C. The zero-order valence-corrected chi connectivity index (χ0v) is 11.9. The molecule has 4 aromatic rings. The molecule has 1 N–H and O–H groups in total. The molecule has 0 saturated heterocycles. The number of aromatic amines is 1. The molecule has 0 fully saturated rings. The minimum absolute atomic E-state index is 0.670. The van der Waals surface area contributed by atoms with E-state index in [4.69, 9.17) is 5.26 Å². The van der Waals surface area contributed by atoms with Crippen LogP contribution in [0.5, 0.6) is 0 Å². The van der Waals surface area contributed by atoms with Crippen LogP contribution in [0, 0.1) is 25.2 Å². The Hall–Kier alpha value is -2.86. The maximum absolute atomic E-state index is 9.07. The van der Waals surface area contributed by atoms with Gasteiger partial charge >= 0.3 is 0 Å². The van der Waals surface area contributed by atoms with Gasteiger partial charge in [0.1, 0.15) is 0 Å². The highest BCUT2D eigenvalue weighted by Gasteiger charge is 2.10. The van der Waals surface area contributed by atoms with Crippen LogP contribution in [0.2, 0.25) is 0 Å². The Morgan fingerprint density at radius 1 is 1.00 bits per heavy atom. The van der Waals surface area contributed by atoms with Crippen molar-refractivity contribution in [1.29, 1.82) is 5.26 Å². The second-order valence-electron chi connectivity index (χ2n) is 5.50. The minimum Gasteiger partial charge on any atom is -0.354 e. The van der Waals surface area contributed by atoms with E-state index in [1.165, 1.54) is 11.1 Å². The van der Waals surface area contributed by atoms with E-state index in [2.05, 4.69) is 42.0 Å². The molecule has 0 aliphatic rings. The van der Waals surface area contributed by atoms with Crippen LogP contribution >= 0.6 is 0 Å². The fourth-order valence-corrected chi connectivity index (χ4v) is 2.87. The quantitative estimate of drug-likeness (QED) is 0.516. The Balaban J connectivity index is 2.21. The van der Waals surface area contributed by atoms with E-state index < -0.39 is 0 Å². The summed E-state index contributed by atoms with van der Waals surface area (Å²) in [5.41, 5.74) is 6.30. The summed E-state index contributed by atoms with van der Waals surface area (Å²) in [4.78, 5) is 8.06. The summed E-state index contributed by atoms with van der Waals surface area (Å²) in [6.07, 6.45) is 1.90. The standard InChI is InChI=1S/C18H13N3/c1-10-5-14-17(6-11(10)2)20-9-15-13-7-12(8-19)3-4-16(13)21-18(14)15/h3-7,9,21H,1-2H3. The fraction of sp³-hybridized carbons (Fsp3) is 0.111. The van der Waals surface area contributed by atoms with E-state index in [1.54, 1.807) is 0 Å². The first-order chi connectivity index (χ1) is 10.2. The highest BCUT2D eigenvalue weighted by atomic mass is 14.7. The van der Waals surface area contributed by atoms with Gasteiger partial charge in [0.25, 0.3) is 0 Å². The lowest BCUT2D eigenvalue weighted by Gasteiger charge is -2.04. The summed E-state index contributed by atoms with van der Waals surface area (Å²) in [5.74, 6) is 0. The van der Waals surface area contributed by atoms with E-state index in [9.17, 15) is 0 Å². The molecule has 4 rings (SSSR count). The van der Waals surface area contributed by atoms with Gasteiger partial charge in [-0.1, -0.05) is 0 Å². The average molecular weight is 271 g/mol.